The van der Waals surface area contributed by atoms with Crippen molar-refractivity contribution in [2.75, 3.05) is 24.6 Å². The summed E-state index contributed by atoms with van der Waals surface area (Å²) in [5, 5.41) is 11.6. The van der Waals surface area contributed by atoms with Gasteiger partial charge in [-0.15, -0.1) is 0 Å². The Morgan fingerprint density at radius 3 is 2.58 bits per heavy atom. The van der Waals surface area contributed by atoms with Crippen molar-refractivity contribution in [3.05, 3.63) is 30.3 Å². The molecule has 0 heterocycles. The molecule has 0 saturated carbocycles. The number of amidine groups is 1. The summed E-state index contributed by atoms with van der Waals surface area (Å²) in [4.78, 5) is 2.17. The molecular formula is C14H23N3O2. The van der Waals surface area contributed by atoms with Crippen LogP contribution in [0, 0.1) is 0 Å². The van der Waals surface area contributed by atoms with Crippen molar-refractivity contribution in [1.82, 2.24) is 0 Å². The van der Waals surface area contributed by atoms with E-state index in [0.717, 1.165) is 12.2 Å². The molecule has 0 aliphatic carbocycles. The number of ether oxygens (including phenoxy) is 1. The zero-order chi connectivity index (χ0) is 14.1. The van der Waals surface area contributed by atoms with Gasteiger partial charge in [-0.2, -0.15) is 0 Å². The molecule has 1 rings (SSSR count). The van der Waals surface area contributed by atoms with Gasteiger partial charge < -0.3 is 20.6 Å². The van der Waals surface area contributed by atoms with E-state index in [1.165, 1.54) is 0 Å². The molecule has 0 spiro atoms. The van der Waals surface area contributed by atoms with Crippen LogP contribution in [0.1, 0.15) is 20.3 Å². The Morgan fingerprint density at radius 1 is 1.32 bits per heavy atom. The number of hydrogen-bond donors (Lipinski definition) is 2. The minimum atomic E-state index is 0.224. The van der Waals surface area contributed by atoms with Gasteiger partial charge in [-0.25, -0.2) is 0 Å². The van der Waals surface area contributed by atoms with Crippen LogP contribution in [-0.4, -0.2) is 36.8 Å². The molecule has 0 aromatic heterocycles. The lowest BCUT2D eigenvalue weighted by atomic mass is 10.2. The second-order valence-electron chi connectivity index (χ2n) is 4.58. The maximum absolute atomic E-state index is 8.59. The second-order valence-corrected chi connectivity index (χ2v) is 4.58. The van der Waals surface area contributed by atoms with Crippen molar-refractivity contribution in [3.63, 3.8) is 0 Å². The van der Waals surface area contributed by atoms with Crippen LogP contribution in [0.4, 0.5) is 5.69 Å². The first kappa shape index (κ1) is 15.3. The molecule has 5 heteroatoms. The molecule has 0 atom stereocenters. The number of hydrogen-bond acceptors (Lipinski definition) is 4. The molecule has 19 heavy (non-hydrogen) atoms. The van der Waals surface area contributed by atoms with E-state index in [-0.39, 0.29) is 11.9 Å². The summed E-state index contributed by atoms with van der Waals surface area (Å²) in [5.74, 6) is 0.241. The van der Waals surface area contributed by atoms with Gasteiger partial charge in [0.05, 0.1) is 12.7 Å². The normalized spacial score (nSPS) is 11.8. The van der Waals surface area contributed by atoms with Crippen LogP contribution in [-0.2, 0) is 4.74 Å². The van der Waals surface area contributed by atoms with E-state index in [0.29, 0.717) is 19.6 Å². The highest BCUT2D eigenvalue weighted by atomic mass is 16.5. The molecule has 1 aromatic carbocycles. The first-order valence-electron chi connectivity index (χ1n) is 6.51. The Hall–Kier alpha value is -1.75. The molecule has 5 nitrogen and oxygen atoms in total. The number of nitrogens with zero attached hydrogens (tertiary/aromatic N) is 2. The molecule has 0 radical (unpaired) electrons. The van der Waals surface area contributed by atoms with Gasteiger partial charge in [0.2, 0.25) is 0 Å². The molecule has 1 aromatic rings. The van der Waals surface area contributed by atoms with Crippen molar-refractivity contribution in [1.29, 1.82) is 0 Å². The first-order valence-corrected chi connectivity index (χ1v) is 6.51. The lowest BCUT2D eigenvalue weighted by Crippen LogP contribution is -2.31. The lowest BCUT2D eigenvalue weighted by molar-refractivity contribution is 0.0841. The van der Waals surface area contributed by atoms with Gasteiger partial charge in [0, 0.05) is 25.2 Å². The summed E-state index contributed by atoms with van der Waals surface area (Å²) in [6.45, 7) is 6.16. The van der Waals surface area contributed by atoms with Crippen LogP contribution >= 0.6 is 0 Å². The van der Waals surface area contributed by atoms with E-state index < -0.39 is 0 Å². The lowest BCUT2D eigenvalue weighted by Gasteiger charge is -2.25. The van der Waals surface area contributed by atoms with Gasteiger partial charge in [0.25, 0.3) is 0 Å². The van der Waals surface area contributed by atoms with E-state index in [1.807, 2.05) is 44.2 Å². The highest BCUT2D eigenvalue weighted by Gasteiger charge is 2.07. The number of oxime groups is 1. The zero-order valence-corrected chi connectivity index (χ0v) is 11.6. The summed E-state index contributed by atoms with van der Waals surface area (Å²) < 4.78 is 5.57. The van der Waals surface area contributed by atoms with Crippen LogP contribution in [0.15, 0.2) is 35.5 Å². The Labute approximate surface area is 114 Å². The highest BCUT2D eigenvalue weighted by molar-refractivity contribution is 5.80. The molecule has 0 bridgehead atoms. The van der Waals surface area contributed by atoms with Crippen LogP contribution in [0.2, 0.25) is 0 Å². The Morgan fingerprint density at radius 2 is 2.00 bits per heavy atom. The van der Waals surface area contributed by atoms with Crippen molar-refractivity contribution in [2.24, 2.45) is 10.9 Å². The molecule has 0 fully saturated rings. The van der Waals surface area contributed by atoms with Crippen molar-refractivity contribution >= 4 is 11.5 Å². The topological polar surface area (TPSA) is 71.1 Å². The zero-order valence-electron chi connectivity index (χ0n) is 11.6. The number of benzene rings is 1. The summed E-state index contributed by atoms with van der Waals surface area (Å²) >= 11 is 0. The van der Waals surface area contributed by atoms with Crippen molar-refractivity contribution in [3.8, 4) is 0 Å². The summed E-state index contributed by atoms with van der Waals surface area (Å²) in [6.07, 6.45) is 0.745. The number of para-hydroxylation sites is 1. The van der Waals surface area contributed by atoms with Gasteiger partial charge in [-0.05, 0) is 26.0 Å². The average molecular weight is 265 g/mol. The fourth-order valence-corrected chi connectivity index (χ4v) is 1.71. The third-order valence-electron chi connectivity index (χ3n) is 2.70. The van der Waals surface area contributed by atoms with Gasteiger partial charge in [-0.1, -0.05) is 23.4 Å². The van der Waals surface area contributed by atoms with Gasteiger partial charge in [0.15, 0.2) is 0 Å². The molecule has 0 aliphatic heterocycles. The van der Waals surface area contributed by atoms with Crippen molar-refractivity contribution in [2.45, 2.75) is 26.4 Å². The van der Waals surface area contributed by atoms with Gasteiger partial charge in [-0.3, -0.25) is 0 Å². The van der Waals surface area contributed by atoms with E-state index in [2.05, 4.69) is 10.1 Å². The summed E-state index contributed by atoms with van der Waals surface area (Å²) in [6, 6.07) is 10.1. The Bertz CT molecular complexity index is 380. The highest BCUT2D eigenvalue weighted by Crippen LogP contribution is 2.13. The maximum atomic E-state index is 8.59. The Balaban J connectivity index is 2.57. The molecule has 0 aliphatic rings. The minimum Gasteiger partial charge on any atom is -0.409 e. The molecule has 0 unspecified atom stereocenters. The maximum Gasteiger partial charge on any atom is 0.140 e. The molecular weight excluding hydrogens is 242 g/mol. The van der Waals surface area contributed by atoms with Gasteiger partial charge >= 0.3 is 0 Å². The smallest absolute Gasteiger partial charge is 0.140 e. The predicted octanol–water partition coefficient (Wildman–Crippen LogP) is 2.05. The van der Waals surface area contributed by atoms with Crippen LogP contribution in [0.3, 0.4) is 0 Å². The Kier molecular flexibility index (Phi) is 6.74. The predicted molar refractivity (Wildman–Crippen MR) is 77.8 cm³/mol. The molecule has 0 saturated heterocycles. The number of rotatable bonds is 8. The summed E-state index contributed by atoms with van der Waals surface area (Å²) in [7, 11) is 0. The standard InChI is InChI=1S/C14H23N3O2/c1-12(2)19-11-10-17(9-8-14(15)16-18)13-6-4-3-5-7-13/h3-7,12,18H,8-11H2,1-2H3,(H2,15,16). The molecule has 3 N–H and O–H groups in total. The third-order valence-corrected chi connectivity index (χ3v) is 2.70. The van der Waals surface area contributed by atoms with E-state index in [1.54, 1.807) is 0 Å². The van der Waals surface area contributed by atoms with E-state index >= 15 is 0 Å². The van der Waals surface area contributed by atoms with Crippen molar-refractivity contribution < 1.29 is 9.94 Å². The minimum absolute atomic E-state index is 0.224. The van der Waals surface area contributed by atoms with E-state index in [4.69, 9.17) is 15.7 Å². The largest absolute Gasteiger partial charge is 0.409 e. The van der Waals surface area contributed by atoms with Gasteiger partial charge in [0.1, 0.15) is 5.84 Å². The number of nitrogens with two attached hydrogens (primary N) is 1. The quantitative estimate of drug-likeness (QED) is 0.327. The SMILES string of the molecule is CC(C)OCCN(CC/C(N)=N/O)c1ccccc1. The van der Waals surface area contributed by atoms with E-state index in [9.17, 15) is 0 Å². The van der Waals surface area contributed by atoms with Crippen LogP contribution in [0.5, 0.6) is 0 Å². The van der Waals surface area contributed by atoms with Crippen LogP contribution < -0.4 is 10.6 Å². The molecule has 0 amide bonds. The fraction of sp³-hybridized carbons (Fsp3) is 0.500. The first-order chi connectivity index (χ1) is 9.13. The number of anilines is 1. The summed E-state index contributed by atoms with van der Waals surface area (Å²) in [5.41, 5.74) is 6.63. The molecule has 106 valence electrons. The second kappa shape index (κ2) is 8.37. The third kappa shape index (κ3) is 6.10. The fourth-order valence-electron chi connectivity index (χ4n) is 1.71. The van der Waals surface area contributed by atoms with Crippen LogP contribution in [0.25, 0.3) is 0 Å². The average Bonchev–Trinajstić information content (AvgIpc) is 2.42. The monoisotopic (exact) mass is 265 g/mol.